The number of nitrogens with zero attached hydrogens (tertiary/aromatic N) is 1. The van der Waals surface area contributed by atoms with Gasteiger partial charge in [-0.15, -0.1) is 0 Å². The molecular weight excluding hydrogens is 268 g/mol. The van der Waals surface area contributed by atoms with Gasteiger partial charge in [0.25, 0.3) is 0 Å². The van der Waals surface area contributed by atoms with Crippen LogP contribution < -0.4 is 10.6 Å². The average molecular weight is 290 g/mol. The number of rotatable bonds is 3. The van der Waals surface area contributed by atoms with E-state index in [9.17, 15) is 9.59 Å². The highest BCUT2D eigenvalue weighted by Crippen LogP contribution is 2.25. The van der Waals surface area contributed by atoms with Crippen LogP contribution >= 0.6 is 0 Å². The van der Waals surface area contributed by atoms with Crippen LogP contribution in [0.4, 0.5) is 5.69 Å². The lowest BCUT2D eigenvalue weighted by Crippen LogP contribution is -2.26. The lowest BCUT2D eigenvalue weighted by molar-refractivity contribution is -0.117. The third-order valence-corrected chi connectivity index (χ3v) is 3.35. The Morgan fingerprint density at radius 3 is 2.43 bits per heavy atom. The highest BCUT2D eigenvalue weighted by molar-refractivity contribution is 5.96. The second-order valence-corrected chi connectivity index (χ2v) is 6.36. The smallest absolute Gasteiger partial charge is 0.338 e. The lowest BCUT2D eigenvalue weighted by atomic mass is 10.1. The number of hydrogen-bond acceptors (Lipinski definition) is 4. The monoisotopic (exact) mass is 290 g/mol. The van der Waals surface area contributed by atoms with Crippen molar-refractivity contribution in [3.05, 3.63) is 29.8 Å². The minimum atomic E-state index is -0.519. The van der Waals surface area contributed by atoms with Gasteiger partial charge in [0.15, 0.2) is 0 Å². The molecule has 0 radical (unpaired) electrons. The van der Waals surface area contributed by atoms with E-state index in [-0.39, 0.29) is 17.8 Å². The van der Waals surface area contributed by atoms with Gasteiger partial charge in [-0.3, -0.25) is 4.79 Å². The van der Waals surface area contributed by atoms with E-state index < -0.39 is 5.60 Å². The van der Waals surface area contributed by atoms with Crippen molar-refractivity contribution in [2.24, 2.45) is 11.7 Å². The fourth-order valence-corrected chi connectivity index (χ4v) is 2.30. The van der Waals surface area contributed by atoms with Gasteiger partial charge < -0.3 is 15.4 Å². The fraction of sp³-hybridized carbons (Fsp3) is 0.500. The summed E-state index contributed by atoms with van der Waals surface area (Å²) in [5, 5.41) is 0. The van der Waals surface area contributed by atoms with Crippen molar-refractivity contribution >= 4 is 17.6 Å². The molecule has 0 aliphatic carbocycles. The Balaban J connectivity index is 2.09. The third-order valence-electron chi connectivity index (χ3n) is 3.35. The molecule has 0 bridgehead atoms. The molecule has 1 atom stereocenters. The maximum absolute atomic E-state index is 11.9. The number of benzene rings is 1. The number of carbonyl (C=O) groups excluding carboxylic acids is 2. The Morgan fingerprint density at radius 1 is 1.33 bits per heavy atom. The van der Waals surface area contributed by atoms with Gasteiger partial charge in [0.2, 0.25) is 5.91 Å². The van der Waals surface area contributed by atoms with Crippen LogP contribution in [-0.4, -0.2) is 30.6 Å². The van der Waals surface area contributed by atoms with Crippen LogP contribution in [-0.2, 0) is 9.53 Å². The normalized spacial score (nSPS) is 19.0. The van der Waals surface area contributed by atoms with Gasteiger partial charge in [-0.05, 0) is 57.5 Å². The second kappa shape index (κ2) is 5.85. The highest BCUT2D eigenvalue weighted by Gasteiger charge is 2.29. The molecule has 0 spiro atoms. The molecule has 5 heteroatoms. The largest absolute Gasteiger partial charge is 0.456 e. The van der Waals surface area contributed by atoms with Crippen molar-refractivity contribution in [3.63, 3.8) is 0 Å². The summed E-state index contributed by atoms with van der Waals surface area (Å²) < 4.78 is 5.31. The van der Waals surface area contributed by atoms with Crippen LogP contribution in [0.2, 0.25) is 0 Å². The predicted molar refractivity (Wildman–Crippen MR) is 81.1 cm³/mol. The summed E-state index contributed by atoms with van der Waals surface area (Å²) in [4.78, 5) is 25.6. The maximum atomic E-state index is 11.9. The lowest BCUT2D eigenvalue weighted by Gasteiger charge is -2.20. The molecule has 1 aliphatic heterocycles. The Hall–Kier alpha value is -1.88. The van der Waals surface area contributed by atoms with Crippen LogP contribution in [0.1, 0.15) is 37.6 Å². The van der Waals surface area contributed by atoms with Gasteiger partial charge in [0.05, 0.1) is 5.56 Å². The summed E-state index contributed by atoms with van der Waals surface area (Å²) >= 11 is 0. The average Bonchev–Trinajstić information content (AvgIpc) is 2.78. The van der Waals surface area contributed by atoms with Gasteiger partial charge in [0.1, 0.15) is 5.60 Å². The van der Waals surface area contributed by atoms with E-state index in [1.165, 1.54) is 0 Å². The second-order valence-electron chi connectivity index (χ2n) is 6.36. The van der Waals surface area contributed by atoms with E-state index in [0.717, 1.165) is 5.69 Å². The molecule has 1 heterocycles. The Labute approximate surface area is 125 Å². The minimum absolute atomic E-state index is 0.0791. The van der Waals surface area contributed by atoms with E-state index in [2.05, 4.69) is 0 Å². The molecule has 1 aliphatic rings. The molecular formula is C16H22N2O3. The molecule has 21 heavy (non-hydrogen) atoms. The zero-order chi connectivity index (χ0) is 15.6. The van der Waals surface area contributed by atoms with Crippen molar-refractivity contribution < 1.29 is 14.3 Å². The molecule has 5 nitrogen and oxygen atoms in total. The molecule has 1 fully saturated rings. The van der Waals surface area contributed by atoms with Crippen LogP contribution in [0, 0.1) is 5.92 Å². The summed E-state index contributed by atoms with van der Waals surface area (Å²) in [7, 11) is 0. The van der Waals surface area contributed by atoms with E-state index in [0.29, 0.717) is 25.1 Å². The number of esters is 1. The molecule has 1 unspecified atom stereocenters. The Bertz CT molecular complexity index is 531. The number of ether oxygens (including phenoxy) is 1. The van der Waals surface area contributed by atoms with E-state index in [1.54, 1.807) is 29.2 Å². The van der Waals surface area contributed by atoms with Crippen LogP contribution in [0.25, 0.3) is 0 Å². The molecule has 0 saturated carbocycles. The first-order valence-corrected chi connectivity index (χ1v) is 7.14. The maximum Gasteiger partial charge on any atom is 0.338 e. The summed E-state index contributed by atoms with van der Waals surface area (Å²) in [5.41, 5.74) is 6.38. The molecule has 1 amide bonds. The Morgan fingerprint density at radius 2 is 1.95 bits per heavy atom. The van der Waals surface area contributed by atoms with E-state index >= 15 is 0 Å². The van der Waals surface area contributed by atoms with E-state index in [1.807, 2.05) is 20.8 Å². The minimum Gasteiger partial charge on any atom is -0.456 e. The van der Waals surface area contributed by atoms with Crippen LogP contribution in [0.15, 0.2) is 24.3 Å². The summed E-state index contributed by atoms with van der Waals surface area (Å²) in [6, 6.07) is 6.92. The SMILES string of the molecule is CC(C)(C)OC(=O)c1ccc(N2CC(CN)CC2=O)cc1. The molecule has 1 aromatic carbocycles. The standard InChI is InChI=1S/C16H22N2O3/c1-16(2,3)21-15(20)12-4-6-13(7-5-12)18-10-11(9-17)8-14(18)19/h4-7,11H,8-10,17H2,1-3H3. The Kier molecular flexibility index (Phi) is 4.32. The molecule has 0 aromatic heterocycles. The first-order chi connectivity index (χ1) is 9.80. The third kappa shape index (κ3) is 3.82. The number of anilines is 1. The first kappa shape index (κ1) is 15.5. The molecule has 114 valence electrons. The van der Waals surface area contributed by atoms with Gasteiger partial charge in [-0.2, -0.15) is 0 Å². The number of amides is 1. The predicted octanol–water partition coefficient (Wildman–Crippen LogP) is 1.95. The van der Waals surface area contributed by atoms with Gasteiger partial charge in [0, 0.05) is 18.7 Å². The van der Waals surface area contributed by atoms with Crippen molar-refractivity contribution in [1.29, 1.82) is 0 Å². The molecule has 1 aromatic rings. The quantitative estimate of drug-likeness (QED) is 0.864. The fourth-order valence-electron chi connectivity index (χ4n) is 2.30. The summed E-state index contributed by atoms with van der Waals surface area (Å²) in [6.07, 6.45) is 0.490. The first-order valence-electron chi connectivity index (χ1n) is 7.14. The van der Waals surface area contributed by atoms with Crippen molar-refractivity contribution in [1.82, 2.24) is 0 Å². The van der Waals surface area contributed by atoms with Crippen molar-refractivity contribution in [2.45, 2.75) is 32.8 Å². The van der Waals surface area contributed by atoms with Crippen molar-refractivity contribution in [3.8, 4) is 0 Å². The van der Waals surface area contributed by atoms with Gasteiger partial charge >= 0.3 is 5.97 Å². The zero-order valence-electron chi connectivity index (χ0n) is 12.8. The summed E-state index contributed by atoms with van der Waals surface area (Å²) in [5.74, 6) is -0.0693. The molecule has 1 saturated heterocycles. The number of nitrogens with two attached hydrogens (primary N) is 1. The van der Waals surface area contributed by atoms with Crippen LogP contribution in [0.5, 0.6) is 0 Å². The van der Waals surface area contributed by atoms with E-state index in [4.69, 9.17) is 10.5 Å². The van der Waals surface area contributed by atoms with Crippen LogP contribution in [0.3, 0.4) is 0 Å². The summed E-state index contributed by atoms with van der Waals surface area (Å²) in [6.45, 7) is 6.64. The topological polar surface area (TPSA) is 72.6 Å². The number of hydrogen-bond donors (Lipinski definition) is 1. The molecule has 2 rings (SSSR count). The highest BCUT2D eigenvalue weighted by atomic mass is 16.6. The molecule has 2 N–H and O–H groups in total. The van der Waals surface area contributed by atoms with Gasteiger partial charge in [-0.1, -0.05) is 0 Å². The van der Waals surface area contributed by atoms with Gasteiger partial charge in [-0.25, -0.2) is 4.79 Å². The zero-order valence-corrected chi connectivity index (χ0v) is 12.8. The number of carbonyl (C=O) groups is 2. The van der Waals surface area contributed by atoms with Crippen molar-refractivity contribution in [2.75, 3.05) is 18.0 Å².